The van der Waals surface area contributed by atoms with Gasteiger partial charge in [0.2, 0.25) is 0 Å². The molecule has 0 radical (unpaired) electrons. The number of hydrogen-bond donors (Lipinski definition) is 2. The number of nitrogens with one attached hydrogen (secondary N) is 2. The minimum Gasteiger partial charge on any atom is -0.493 e. The van der Waals surface area contributed by atoms with E-state index < -0.39 is 0 Å². The highest BCUT2D eigenvalue weighted by atomic mass is 16.5. The number of rotatable bonds is 8. The smallest absolute Gasteiger partial charge is 0.274 e. The monoisotopic (exact) mass is 419 g/mol. The lowest BCUT2D eigenvalue weighted by Gasteiger charge is -2.13. The summed E-state index contributed by atoms with van der Waals surface area (Å²) in [7, 11) is 0. The van der Waals surface area contributed by atoms with E-state index in [9.17, 15) is 9.59 Å². The third-order valence-electron chi connectivity index (χ3n) is 4.94. The zero-order valence-corrected chi connectivity index (χ0v) is 17.6. The average Bonchev–Trinajstić information content (AvgIpc) is 3.48. The molecule has 1 heterocycles. The van der Waals surface area contributed by atoms with Crippen LogP contribution in [-0.4, -0.2) is 46.0 Å². The minimum absolute atomic E-state index is 0.205. The highest BCUT2D eigenvalue weighted by molar-refractivity contribution is 5.99. The van der Waals surface area contributed by atoms with Crippen molar-refractivity contribution < 1.29 is 14.3 Å². The predicted molar refractivity (Wildman–Crippen MR) is 116 cm³/mol. The molecule has 0 aliphatic heterocycles. The number of aromatic nitrogens is 3. The third kappa shape index (κ3) is 4.42. The van der Waals surface area contributed by atoms with Crippen molar-refractivity contribution in [2.24, 2.45) is 0 Å². The number of amides is 2. The van der Waals surface area contributed by atoms with Crippen LogP contribution < -0.4 is 15.4 Å². The van der Waals surface area contributed by atoms with Gasteiger partial charge >= 0.3 is 0 Å². The maximum atomic E-state index is 12.8. The quantitative estimate of drug-likeness (QED) is 0.585. The van der Waals surface area contributed by atoms with Crippen LogP contribution in [0.3, 0.4) is 0 Å². The molecule has 0 saturated heterocycles. The second-order valence-corrected chi connectivity index (χ2v) is 7.29. The summed E-state index contributed by atoms with van der Waals surface area (Å²) in [6.07, 6.45) is 1.97. The number of benzene rings is 2. The van der Waals surface area contributed by atoms with Crippen LogP contribution in [0.25, 0.3) is 16.9 Å². The van der Waals surface area contributed by atoms with E-state index in [1.54, 1.807) is 22.9 Å². The van der Waals surface area contributed by atoms with Gasteiger partial charge in [0.25, 0.3) is 11.8 Å². The van der Waals surface area contributed by atoms with E-state index in [1.807, 2.05) is 44.2 Å². The van der Waals surface area contributed by atoms with Gasteiger partial charge in [-0.1, -0.05) is 35.5 Å². The Morgan fingerprint density at radius 3 is 2.55 bits per heavy atom. The average molecular weight is 419 g/mol. The molecule has 0 bridgehead atoms. The molecule has 2 N–H and O–H groups in total. The van der Waals surface area contributed by atoms with Crippen molar-refractivity contribution >= 4 is 11.8 Å². The normalized spacial score (nSPS) is 13.0. The fourth-order valence-corrected chi connectivity index (χ4v) is 3.31. The first-order chi connectivity index (χ1) is 15.1. The highest BCUT2D eigenvalue weighted by Crippen LogP contribution is 2.29. The van der Waals surface area contributed by atoms with Crippen LogP contribution in [0.15, 0.2) is 48.5 Å². The molecule has 2 aromatic carbocycles. The molecule has 2 amide bonds. The lowest BCUT2D eigenvalue weighted by Crippen LogP contribution is -2.26. The Balaban J connectivity index is 1.80. The van der Waals surface area contributed by atoms with Crippen LogP contribution in [0, 0.1) is 0 Å². The van der Waals surface area contributed by atoms with Crippen LogP contribution >= 0.6 is 0 Å². The van der Waals surface area contributed by atoms with Crippen LogP contribution in [0.5, 0.6) is 5.75 Å². The molecule has 4 rings (SSSR count). The Morgan fingerprint density at radius 1 is 1.10 bits per heavy atom. The summed E-state index contributed by atoms with van der Waals surface area (Å²) in [6.45, 7) is 4.66. The van der Waals surface area contributed by atoms with Crippen molar-refractivity contribution in [1.29, 1.82) is 0 Å². The molecule has 0 unspecified atom stereocenters. The summed E-state index contributed by atoms with van der Waals surface area (Å²) < 4.78 is 7.34. The van der Waals surface area contributed by atoms with Gasteiger partial charge < -0.3 is 15.4 Å². The molecule has 3 aromatic rings. The van der Waals surface area contributed by atoms with Crippen LogP contribution in [0.1, 0.15) is 47.5 Å². The molecule has 8 nitrogen and oxygen atoms in total. The molecule has 0 atom stereocenters. The van der Waals surface area contributed by atoms with Gasteiger partial charge in [-0.2, -0.15) is 0 Å². The van der Waals surface area contributed by atoms with Crippen molar-refractivity contribution in [3.05, 3.63) is 59.8 Å². The largest absolute Gasteiger partial charge is 0.493 e. The molecule has 0 spiro atoms. The van der Waals surface area contributed by atoms with E-state index in [0.717, 1.165) is 18.4 Å². The molecule has 31 heavy (non-hydrogen) atoms. The fraction of sp³-hybridized carbons (Fsp3) is 0.304. The standard InChI is InChI=1S/C23H25N5O3/c1-3-24-22(29)18-13-12-17(14-19(18)31-4-2)28-21(15-8-6-5-7-9-15)20(26-27-28)23(30)25-16-10-11-16/h5-9,12-14,16H,3-4,10-11H2,1-2H3,(H,24,29)(H,25,30). The lowest BCUT2D eigenvalue weighted by atomic mass is 10.1. The van der Waals surface area contributed by atoms with E-state index in [2.05, 4.69) is 20.9 Å². The summed E-state index contributed by atoms with van der Waals surface area (Å²) in [4.78, 5) is 25.2. The van der Waals surface area contributed by atoms with Gasteiger partial charge in [-0.15, -0.1) is 5.10 Å². The summed E-state index contributed by atoms with van der Waals surface area (Å²) in [5.74, 6) is 0.00453. The Morgan fingerprint density at radius 2 is 1.87 bits per heavy atom. The summed E-state index contributed by atoms with van der Waals surface area (Å²) in [6, 6.07) is 15.0. The number of nitrogens with zero attached hydrogens (tertiary/aromatic N) is 3. The number of carbonyl (C=O) groups excluding carboxylic acids is 2. The maximum absolute atomic E-state index is 12.8. The highest BCUT2D eigenvalue weighted by Gasteiger charge is 2.28. The Bertz CT molecular complexity index is 1090. The molecular formula is C23H25N5O3. The maximum Gasteiger partial charge on any atom is 0.274 e. The molecule has 160 valence electrons. The summed E-state index contributed by atoms with van der Waals surface area (Å²) >= 11 is 0. The molecule has 1 aliphatic carbocycles. The van der Waals surface area contributed by atoms with Crippen molar-refractivity contribution in [2.75, 3.05) is 13.2 Å². The van der Waals surface area contributed by atoms with Gasteiger partial charge in [-0.3, -0.25) is 9.59 Å². The van der Waals surface area contributed by atoms with Crippen LogP contribution in [0.2, 0.25) is 0 Å². The first-order valence-corrected chi connectivity index (χ1v) is 10.5. The molecule has 1 aromatic heterocycles. The van der Waals surface area contributed by atoms with Crippen molar-refractivity contribution in [2.45, 2.75) is 32.7 Å². The second kappa shape index (κ2) is 8.99. The number of ether oxygens (including phenoxy) is 1. The van der Waals surface area contributed by atoms with E-state index >= 15 is 0 Å². The number of hydrogen-bond acceptors (Lipinski definition) is 5. The van der Waals surface area contributed by atoms with E-state index in [4.69, 9.17) is 4.74 Å². The Hall–Kier alpha value is -3.68. The second-order valence-electron chi connectivity index (χ2n) is 7.29. The van der Waals surface area contributed by atoms with Gasteiger partial charge in [-0.05, 0) is 38.8 Å². The summed E-state index contributed by atoms with van der Waals surface area (Å²) in [5.41, 5.74) is 2.77. The first-order valence-electron chi connectivity index (χ1n) is 10.5. The van der Waals surface area contributed by atoms with Gasteiger partial charge in [0.15, 0.2) is 5.69 Å². The van der Waals surface area contributed by atoms with Crippen molar-refractivity contribution in [3.8, 4) is 22.7 Å². The van der Waals surface area contributed by atoms with E-state index in [0.29, 0.717) is 35.8 Å². The van der Waals surface area contributed by atoms with Gasteiger partial charge in [-0.25, -0.2) is 4.68 Å². The molecular weight excluding hydrogens is 394 g/mol. The number of carbonyl (C=O) groups is 2. The summed E-state index contributed by atoms with van der Waals surface area (Å²) in [5, 5.41) is 14.2. The third-order valence-corrected chi connectivity index (χ3v) is 4.94. The van der Waals surface area contributed by atoms with Crippen molar-refractivity contribution in [3.63, 3.8) is 0 Å². The molecule has 1 fully saturated rings. The Labute approximate surface area is 180 Å². The zero-order valence-electron chi connectivity index (χ0n) is 17.6. The SMILES string of the molecule is CCNC(=O)c1ccc(-n2nnc(C(=O)NC3CC3)c2-c2ccccc2)cc1OCC. The minimum atomic E-state index is -0.239. The molecule has 1 saturated carbocycles. The van der Waals surface area contributed by atoms with Gasteiger partial charge in [0, 0.05) is 24.2 Å². The molecule has 1 aliphatic rings. The van der Waals surface area contributed by atoms with Gasteiger partial charge in [0.05, 0.1) is 17.9 Å². The topological polar surface area (TPSA) is 98.1 Å². The van der Waals surface area contributed by atoms with E-state index in [-0.39, 0.29) is 23.6 Å². The predicted octanol–water partition coefficient (Wildman–Crippen LogP) is 2.97. The van der Waals surface area contributed by atoms with Crippen LogP contribution in [0.4, 0.5) is 0 Å². The fourth-order valence-electron chi connectivity index (χ4n) is 3.31. The zero-order chi connectivity index (χ0) is 21.8. The Kier molecular flexibility index (Phi) is 5.97. The lowest BCUT2D eigenvalue weighted by molar-refractivity contribution is 0.0940. The van der Waals surface area contributed by atoms with Gasteiger partial charge in [0.1, 0.15) is 11.4 Å². The van der Waals surface area contributed by atoms with E-state index in [1.165, 1.54) is 0 Å². The van der Waals surface area contributed by atoms with Crippen LogP contribution in [-0.2, 0) is 0 Å². The first kappa shape index (κ1) is 20.6. The molecule has 8 heteroatoms. The van der Waals surface area contributed by atoms with Crippen molar-refractivity contribution in [1.82, 2.24) is 25.6 Å².